The van der Waals surface area contributed by atoms with Crippen LogP contribution in [-0.4, -0.2) is 5.11 Å². The van der Waals surface area contributed by atoms with Gasteiger partial charge in [-0.25, -0.2) is 0 Å². The summed E-state index contributed by atoms with van der Waals surface area (Å²) in [6.07, 6.45) is 0.987. The number of rotatable bonds is 4. The van der Waals surface area contributed by atoms with Crippen LogP contribution in [0.2, 0.25) is 0 Å². The Balaban J connectivity index is 2.03. The number of benzene rings is 2. The van der Waals surface area contributed by atoms with Gasteiger partial charge in [-0.1, -0.05) is 46.3 Å². The van der Waals surface area contributed by atoms with Gasteiger partial charge >= 0.3 is 0 Å². The molecule has 0 bridgehead atoms. The summed E-state index contributed by atoms with van der Waals surface area (Å²) in [5.74, 6) is 0. The highest BCUT2D eigenvalue weighted by molar-refractivity contribution is 9.10. The smallest absolute Gasteiger partial charge is 0.0813 e. The molecule has 0 saturated heterocycles. The van der Waals surface area contributed by atoms with E-state index in [1.807, 2.05) is 36.4 Å². The zero-order valence-corrected chi connectivity index (χ0v) is 11.6. The number of halogens is 1. The molecule has 0 spiro atoms. The summed E-state index contributed by atoms with van der Waals surface area (Å²) >= 11 is 3.39. The van der Waals surface area contributed by atoms with Crippen molar-refractivity contribution < 1.29 is 5.11 Å². The molecule has 0 radical (unpaired) electrons. The first-order chi connectivity index (χ1) is 8.66. The summed E-state index contributed by atoms with van der Waals surface area (Å²) in [5.41, 5.74) is 8.54. The van der Waals surface area contributed by atoms with Gasteiger partial charge in [0.05, 0.1) is 6.10 Å². The van der Waals surface area contributed by atoms with Crippen LogP contribution in [0.3, 0.4) is 0 Å². The summed E-state index contributed by atoms with van der Waals surface area (Å²) in [6.45, 7) is 0. The average Bonchev–Trinajstić information content (AvgIpc) is 2.40. The lowest BCUT2D eigenvalue weighted by atomic mass is 10.0. The predicted molar refractivity (Wildman–Crippen MR) is 78.3 cm³/mol. The molecule has 1 unspecified atom stereocenters. The number of anilines is 1. The molecule has 0 aromatic heterocycles. The first kappa shape index (κ1) is 13.1. The fourth-order valence-corrected chi connectivity index (χ4v) is 2.32. The molecule has 94 valence electrons. The monoisotopic (exact) mass is 305 g/mol. The van der Waals surface area contributed by atoms with E-state index in [9.17, 15) is 5.11 Å². The van der Waals surface area contributed by atoms with Crippen LogP contribution in [0.15, 0.2) is 53.0 Å². The van der Waals surface area contributed by atoms with Crippen LogP contribution in [0.5, 0.6) is 0 Å². The standard InChI is InChI=1S/C15H16BrNO/c16-12-7-8-14(17)13(10-12)15(18)9-6-11-4-2-1-3-5-11/h1-5,7-8,10,15,18H,6,9,17H2. The van der Waals surface area contributed by atoms with Crippen molar-refractivity contribution in [1.82, 2.24) is 0 Å². The molecule has 0 fully saturated rings. The zero-order chi connectivity index (χ0) is 13.0. The number of aryl methyl sites for hydroxylation is 1. The molecule has 1 atom stereocenters. The van der Waals surface area contributed by atoms with Crippen LogP contribution in [0, 0.1) is 0 Å². The molecule has 0 aliphatic heterocycles. The molecule has 0 aliphatic rings. The van der Waals surface area contributed by atoms with Crippen LogP contribution in [0.25, 0.3) is 0 Å². The molecule has 2 rings (SSSR count). The summed E-state index contributed by atoms with van der Waals surface area (Å²) in [6, 6.07) is 15.7. The van der Waals surface area contributed by atoms with E-state index in [1.54, 1.807) is 0 Å². The third kappa shape index (κ3) is 3.34. The lowest BCUT2D eigenvalue weighted by Crippen LogP contribution is -2.03. The van der Waals surface area contributed by atoms with Gasteiger partial charge in [0.25, 0.3) is 0 Å². The Morgan fingerprint density at radius 2 is 1.83 bits per heavy atom. The van der Waals surface area contributed by atoms with Gasteiger partial charge in [-0.3, -0.25) is 0 Å². The van der Waals surface area contributed by atoms with Crippen molar-refractivity contribution in [3.05, 3.63) is 64.1 Å². The van der Waals surface area contributed by atoms with Gasteiger partial charge in [0.2, 0.25) is 0 Å². The number of aliphatic hydroxyl groups is 1. The van der Waals surface area contributed by atoms with Crippen LogP contribution >= 0.6 is 15.9 Å². The fourth-order valence-electron chi connectivity index (χ4n) is 1.94. The maximum atomic E-state index is 10.2. The van der Waals surface area contributed by atoms with Crippen molar-refractivity contribution in [2.75, 3.05) is 5.73 Å². The first-order valence-corrected chi connectivity index (χ1v) is 6.73. The van der Waals surface area contributed by atoms with E-state index in [-0.39, 0.29) is 0 Å². The maximum Gasteiger partial charge on any atom is 0.0813 e. The molecule has 0 saturated carbocycles. The lowest BCUT2D eigenvalue weighted by molar-refractivity contribution is 0.168. The van der Waals surface area contributed by atoms with Crippen molar-refractivity contribution in [2.45, 2.75) is 18.9 Å². The number of aliphatic hydroxyl groups excluding tert-OH is 1. The summed E-state index contributed by atoms with van der Waals surface area (Å²) in [4.78, 5) is 0. The van der Waals surface area contributed by atoms with E-state index in [1.165, 1.54) is 5.56 Å². The van der Waals surface area contributed by atoms with Crippen molar-refractivity contribution in [3.63, 3.8) is 0 Å². The minimum Gasteiger partial charge on any atom is -0.398 e. The van der Waals surface area contributed by atoms with E-state index in [0.717, 1.165) is 16.5 Å². The predicted octanol–water partition coefficient (Wildman–Crippen LogP) is 3.70. The Bertz CT molecular complexity index is 513. The first-order valence-electron chi connectivity index (χ1n) is 5.94. The Hall–Kier alpha value is -1.32. The number of hydrogen-bond acceptors (Lipinski definition) is 2. The molecular weight excluding hydrogens is 290 g/mol. The Kier molecular flexibility index (Phi) is 4.39. The van der Waals surface area contributed by atoms with Crippen molar-refractivity contribution in [1.29, 1.82) is 0 Å². The molecule has 0 amide bonds. The van der Waals surface area contributed by atoms with E-state index >= 15 is 0 Å². The van der Waals surface area contributed by atoms with Crippen LogP contribution < -0.4 is 5.73 Å². The second kappa shape index (κ2) is 6.03. The molecule has 2 aromatic rings. The second-order valence-corrected chi connectivity index (χ2v) is 5.23. The largest absolute Gasteiger partial charge is 0.398 e. The molecule has 3 heteroatoms. The van der Waals surface area contributed by atoms with E-state index in [0.29, 0.717) is 12.1 Å². The minimum atomic E-state index is -0.525. The van der Waals surface area contributed by atoms with E-state index in [2.05, 4.69) is 28.1 Å². The fraction of sp³-hybridized carbons (Fsp3) is 0.200. The topological polar surface area (TPSA) is 46.2 Å². The second-order valence-electron chi connectivity index (χ2n) is 4.31. The van der Waals surface area contributed by atoms with Gasteiger partial charge in [0, 0.05) is 15.7 Å². The van der Waals surface area contributed by atoms with E-state index in [4.69, 9.17) is 5.73 Å². The molecular formula is C15H16BrNO. The highest BCUT2D eigenvalue weighted by atomic mass is 79.9. The highest BCUT2D eigenvalue weighted by Gasteiger charge is 2.11. The normalized spacial score (nSPS) is 12.3. The quantitative estimate of drug-likeness (QED) is 0.846. The van der Waals surface area contributed by atoms with Crippen molar-refractivity contribution >= 4 is 21.6 Å². The lowest BCUT2D eigenvalue weighted by Gasteiger charge is -2.14. The Morgan fingerprint density at radius 3 is 2.56 bits per heavy atom. The van der Waals surface area contributed by atoms with E-state index < -0.39 is 6.10 Å². The maximum absolute atomic E-state index is 10.2. The van der Waals surface area contributed by atoms with Gasteiger partial charge in [0.15, 0.2) is 0 Å². The van der Waals surface area contributed by atoms with Gasteiger partial charge in [-0.05, 0) is 36.6 Å². The van der Waals surface area contributed by atoms with Gasteiger partial charge in [-0.15, -0.1) is 0 Å². The third-order valence-electron chi connectivity index (χ3n) is 2.96. The van der Waals surface area contributed by atoms with Crippen molar-refractivity contribution in [2.24, 2.45) is 0 Å². The van der Waals surface area contributed by atoms with Crippen molar-refractivity contribution in [3.8, 4) is 0 Å². The molecule has 0 aliphatic carbocycles. The zero-order valence-electron chi connectivity index (χ0n) is 10.0. The number of hydrogen-bond donors (Lipinski definition) is 2. The molecule has 2 aromatic carbocycles. The minimum absolute atomic E-state index is 0.525. The summed E-state index contributed by atoms with van der Waals surface area (Å²) < 4.78 is 0.936. The molecule has 3 N–H and O–H groups in total. The van der Waals surface area contributed by atoms with Crippen LogP contribution in [0.4, 0.5) is 5.69 Å². The van der Waals surface area contributed by atoms with Gasteiger partial charge < -0.3 is 10.8 Å². The van der Waals surface area contributed by atoms with Crippen LogP contribution in [-0.2, 0) is 6.42 Å². The Labute approximate surface area is 116 Å². The molecule has 18 heavy (non-hydrogen) atoms. The molecule has 2 nitrogen and oxygen atoms in total. The summed E-state index contributed by atoms with van der Waals surface area (Å²) in [7, 11) is 0. The number of nitrogen functional groups attached to an aromatic ring is 1. The van der Waals surface area contributed by atoms with Gasteiger partial charge in [0.1, 0.15) is 0 Å². The Morgan fingerprint density at radius 1 is 1.11 bits per heavy atom. The SMILES string of the molecule is Nc1ccc(Br)cc1C(O)CCc1ccccc1. The van der Waals surface area contributed by atoms with Crippen LogP contribution in [0.1, 0.15) is 23.7 Å². The van der Waals surface area contributed by atoms with Gasteiger partial charge in [-0.2, -0.15) is 0 Å². The summed E-state index contributed by atoms with van der Waals surface area (Å²) in [5, 5.41) is 10.2. The number of nitrogens with two attached hydrogens (primary N) is 1. The molecule has 0 heterocycles. The highest BCUT2D eigenvalue weighted by Crippen LogP contribution is 2.27. The average molecular weight is 306 g/mol. The third-order valence-corrected chi connectivity index (χ3v) is 3.45.